The highest BCUT2D eigenvalue weighted by Crippen LogP contribution is 2.39. The van der Waals surface area contributed by atoms with Crippen LogP contribution in [0.25, 0.3) is 10.9 Å². The van der Waals surface area contributed by atoms with E-state index in [2.05, 4.69) is 17.3 Å². The highest BCUT2D eigenvalue weighted by molar-refractivity contribution is 6.33. The molecule has 0 amide bonds. The van der Waals surface area contributed by atoms with Gasteiger partial charge in [0.05, 0.1) is 17.6 Å². The SMILES string of the molecule is COc1cc2c(NC3CCN(C)CC3)c3c(nc2cc1Cl)CCC3. The smallest absolute Gasteiger partial charge is 0.138 e. The van der Waals surface area contributed by atoms with Crippen molar-refractivity contribution in [2.75, 3.05) is 32.6 Å². The summed E-state index contributed by atoms with van der Waals surface area (Å²) in [5, 5.41) is 5.61. The molecule has 1 aromatic carbocycles. The minimum absolute atomic E-state index is 0.526. The lowest BCUT2D eigenvalue weighted by molar-refractivity contribution is 0.264. The first-order valence-corrected chi connectivity index (χ1v) is 9.17. The molecule has 4 nitrogen and oxygen atoms in total. The number of ether oxygens (including phenoxy) is 1. The second-order valence-electron chi connectivity index (χ2n) is 6.99. The van der Waals surface area contributed by atoms with Crippen molar-refractivity contribution in [1.29, 1.82) is 0 Å². The van der Waals surface area contributed by atoms with Gasteiger partial charge in [-0.05, 0) is 69.9 Å². The first-order chi connectivity index (χ1) is 11.7. The third-order valence-electron chi connectivity index (χ3n) is 5.35. The standard InChI is InChI=1S/C19H24ClN3O/c1-23-8-6-12(7-9-23)21-19-13-4-3-5-16(13)22-17-11-15(20)18(24-2)10-14(17)19/h10-12H,3-9H2,1-2H3,(H,21,22). The molecule has 2 aliphatic rings. The fourth-order valence-electron chi connectivity index (χ4n) is 3.94. The summed E-state index contributed by atoms with van der Waals surface area (Å²) in [6.07, 6.45) is 5.72. The maximum Gasteiger partial charge on any atom is 0.138 e. The number of pyridine rings is 1. The van der Waals surface area contributed by atoms with Crippen molar-refractivity contribution in [3.05, 3.63) is 28.4 Å². The first kappa shape index (κ1) is 16.0. The minimum Gasteiger partial charge on any atom is -0.495 e. The van der Waals surface area contributed by atoms with Crippen LogP contribution in [0.4, 0.5) is 5.69 Å². The molecule has 1 aliphatic carbocycles. The number of methoxy groups -OCH3 is 1. The van der Waals surface area contributed by atoms with Gasteiger partial charge in [0.25, 0.3) is 0 Å². The molecule has 5 heteroatoms. The quantitative estimate of drug-likeness (QED) is 0.915. The van der Waals surface area contributed by atoms with E-state index < -0.39 is 0 Å². The molecular weight excluding hydrogens is 322 g/mol. The van der Waals surface area contributed by atoms with Crippen LogP contribution in [0.1, 0.15) is 30.5 Å². The number of halogens is 1. The molecular formula is C19H24ClN3O. The normalized spacial score (nSPS) is 18.8. The van der Waals surface area contributed by atoms with E-state index in [0.29, 0.717) is 11.1 Å². The Morgan fingerprint density at radius 3 is 2.79 bits per heavy atom. The van der Waals surface area contributed by atoms with Gasteiger partial charge in [-0.2, -0.15) is 0 Å². The van der Waals surface area contributed by atoms with Crippen LogP contribution < -0.4 is 10.1 Å². The van der Waals surface area contributed by atoms with Crippen molar-refractivity contribution in [2.45, 2.75) is 38.1 Å². The molecule has 1 fully saturated rings. The van der Waals surface area contributed by atoms with Crippen LogP contribution in [-0.4, -0.2) is 43.2 Å². The molecule has 0 saturated carbocycles. The van der Waals surface area contributed by atoms with Gasteiger partial charge in [0, 0.05) is 22.8 Å². The number of nitrogens with one attached hydrogen (secondary N) is 1. The summed E-state index contributed by atoms with van der Waals surface area (Å²) < 4.78 is 5.44. The Bertz CT molecular complexity index is 769. The second-order valence-corrected chi connectivity index (χ2v) is 7.40. The molecule has 0 bridgehead atoms. The number of piperidine rings is 1. The molecule has 0 radical (unpaired) electrons. The average molecular weight is 346 g/mol. The Kier molecular flexibility index (Phi) is 4.27. The van der Waals surface area contributed by atoms with Gasteiger partial charge in [-0.1, -0.05) is 11.6 Å². The number of aryl methyl sites for hydroxylation is 1. The van der Waals surface area contributed by atoms with E-state index in [1.54, 1.807) is 7.11 Å². The highest BCUT2D eigenvalue weighted by atomic mass is 35.5. The first-order valence-electron chi connectivity index (χ1n) is 8.80. The number of likely N-dealkylation sites (tertiary alicyclic amines) is 1. The summed E-state index contributed by atoms with van der Waals surface area (Å²) in [6, 6.07) is 4.51. The van der Waals surface area contributed by atoms with Gasteiger partial charge >= 0.3 is 0 Å². The van der Waals surface area contributed by atoms with Crippen LogP contribution in [0, 0.1) is 0 Å². The number of anilines is 1. The van der Waals surface area contributed by atoms with Gasteiger partial charge in [0.15, 0.2) is 0 Å². The van der Waals surface area contributed by atoms with Crippen LogP contribution in [0.2, 0.25) is 5.02 Å². The van der Waals surface area contributed by atoms with E-state index in [9.17, 15) is 0 Å². The van der Waals surface area contributed by atoms with E-state index in [0.717, 1.165) is 42.6 Å². The Labute approximate surface area is 148 Å². The molecule has 128 valence electrons. The fraction of sp³-hybridized carbons (Fsp3) is 0.526. The van der Waals surface area contributed by atoms with E-state index in [4.69, 9.17) is 21.3 Å². The third-order valence-corrected chi connectivity index (χ3v) is 5.65. The molecule has 24 heavy (non-hydrogen) atoms. The molecule has 2 heterocycles. The Morgan fingerprint density at radius 1 is 1.25 bits per heavy atom. The number of rotatable bonds is 3. The Morgan fingerprint density at radius 2 is 2.04 bits per heavy atom. The number of fused-ring (bicyclic) bond motifs is 2. The molecule has 2 aromatic rings. The van der Waals surface area contributed by atoms with Gasteiger partial charge in [-0.25, -0.2) is 0 Å². The van der Waals surface area contributed by atoms with Crippen molar-refractivity contribution in [3.8, 4) is 5.75 Å². The molecule has 1 N–H and O–H groups in total. The zero-order valence-electron chi connectivity index (χ0n) is 14.4. The summed E-state index contributed by atoms with van der Waals surface area (Å²) in [5.41, 5.74) is 4.86. The predicted octanol–water partition coefficient (Wildman–Crippen LogP) is 3.89. The molecule has 0 unspecified atom stereocenters. The van der Waals surface area contributed by atoms with Crippen molar-refractivity contribution in [3.63, 3.8) is 0 Å². The molecule has 4 rings (SSSR count). The highest BCUT2D eigenvalue weighted by Gasteiger charge is 2.24. The zero-order valence-corrected chi connectivity index (χ0v) is 15.1. The zero-order chi connectivity index (χ0) is 16.7. The lowest BCUT2D eigenvalue weighted by Crippen LogP contribution is -2.37. The molecule has 0 atom stereocenters. The molecule has 1 saturated heterocycles. The lowest BCUT2D eigenvalue weighted by atomic mass is 10.0. The van der Waals surface area contributed by atoms with Crippen LogP contribution in [0.5, 0.6) is 5.75 Å². The minimum atomic E-state index is 0.526. The molecule has 0 spiro atoms. The number of hydrogen-bond donors (Lipinski definition) is 1. The fourth-order valence-corrected chi connectivity index (χ4v) is 4.18. The van der Waals surface area contributed by atoms with Gasteiger partial charge in [0.2, 0.25) is 0 Å². The van der Waals surface area contributed by atoms with E-state index in [1.807, 2.05) is 12.1 Å². The van der Waals surface area contributed by atoms with Crippen LogP contribution in [0.15, 0.2) is 12.1 Å². The van der Waals surface area contributed by atoms with Gasteiger partial charge in [0.1, 0.15) is 5.75 Å². The molecule has 1 aliphatic heterocycles. The summed E-state index contributed by atoms with van der Waals surface area (Å²) in [5.74, 6) is 0.718. The maximum absolute atomic E-state index is 6.32. The summed E-state index contributed by atoms with van der Waals surface area (Å²) in [4.78, 5) is 7.27. The van der Waals surface area contributed by atoms with Crippen molar-refractivity contribution in [1.82, 2.24) is 9.88 Å². The van der Waals surface area contributed by atoms with Gasteiger partial charge in [-0.3, -0.25) is 4.98 Å². The third kappa shape index (κ3) is 2.82. The number of nitrogens with zero attached hydrogens (tertiary/aromatic N) is 2. The lowest BCUT2D eigenvalue weighted by Gasteiger charge is -2.31. The van der Waals surface area contributed by atoms with Crippen LogP contribution in [-0.2, 0) is 12.8 Å². The number of aromatic nitrogens is 1. The monoisotopic (exact) mass is 345 g/mol. The second kappa shape index (κ2) is 6.41. The maximum atomic E-state index is 6.32. The van der Waals surface area contributed by atoms with E-state index in [-0.39, 0.29) is 0 Å². The predicted molar refractivity (Wildman–Crippen MR) is 99.5 cm³/mol. The number of benzene rings is 1. The van der Waals surface area contributed by atoms with E-state index in [1.165, 1.54) is 36.2 Å². The average Bonchev–Trinajstić information content (AvgIpc) is 3.04. The van der Waals surface area contributed by atoms with Gasteiger partial charge in [-0.15, -0.1) is 0 Å². The van der Waals surface area contributed by atoms with Gasteiger partial charge < -0.3 is 15.0 Å². The van der Waals surface area contributed by atoms with Crippen molar-refractivity contribution >= 4 is 28.2 Å². The van der Waals surface area contributed by atoms with Crippen LogP contribution in [0.3, 0.4) is 0 Å². The van der Waals surface area contributed by atoms with Crippen LogP contribution >= 0.6 is 11.6 Å². The van der Waals surface area contributed by atoms with Crippen molar-refractivity contribution in [2.24, 2.45) is 0 Å². The summed E-state index contributed by atoms with van der Waals surface area (Å²) in [6.45, 7) is 2.30. The summed E-state index contributed by atoms with van der Waals surface area (Å²) in [7, 11) is 3.86. The molecule has 1 aromatic heterocycles. The Hall–Kier alpha value is -1.52. The van der Waals surface area contributed by atoms with Crippen molar-refractivity contribution < 1.29 is 4.74 Å². The summed E-state index contributed by atoms with van der Waals surface area (Å²) >= 11 is 6.32. The van der Waals surface area contributed by atoms with E-state index >= 15 is 0 Å². The largest absolute Gasteiger partial charge is 0.495 e. The number of hydrogen-bond acceptors (Lipinski definition) is 4. The Balaban J connectivity index is 1.79. The topological polar surface area (TPSA) is 37.4 Å².